The average molecular weight is 325 g/mol. The molecule has 132 valence electrons. The summed E-state index contributed by atoms with van der Waals surface area (Å²) in [6, 6.07) is -0.0947. The molecular weight excluding hydrogens is 294 g/mol. The summed E-state index contributed by atoms with van der Waals surface area (Å²) in [6.45, 7) is 9.66. The lowest BCUT2D eigenvalue weighted by molar-refractivity contribution is -0.135. The largest absolute Gasteiger partial charge is 0.381 e. The minimum absolute atomic E-state index is 0.0345. The first kappa shape index (κ1) is 18.2. The van der Waals surface area contributed by atoms with Crippen molar-refractivity contribution >= 4 is 11.8 Å². The van der Waals surface area contributed by atoms with Gasteiger partial charge in [0.05, 0.1) is 19.1 Å². The lowest BCUT2D eigenvalue weighted by Gasteiger charge is -2.42. The second-order valence-corrected chi connectivity index (χ2v) is 7.11. The Labute approximate surface area is 139 Å². The van der Waals surface area contributed by atoms with E-state index in [1.165, 1.54) is 6.42 Å². The zero-order valence-corrected chi connectivity index (χ0v) is 14.7. The molecular formula is C17H31N3O3. The van der Waals surface area contributed by atoms with Gasteiger partial charge in [-0.25, -0.2) is 0 Å². The van der Waals surface area contributed by atoms with Crippen LogP contribution in [0.5, 0.6) is 0 Å². The third kappa shape index (κ3) is 4.67. The van der Waals surface area contributed by atoms with Crippen molar-refractivity contribution in [3.05, 3.63) is 0 Å². The molecule has 2 amide bonds. The van der Waals surface area contributed by atoms with E-state index in [-0.39, 0.29) is 35.7 Å². The van der Waals surface area contributed by atoms with Crippen LogP contribution in [0.15, 0.2) is 0 Å². The Morgan fingerprint density at radius 3 is 2.78 bits per heavy atom. The molecule has 2 fully saturated rings. The Morgan fingerprint density at radius 1 is 1.48 bits per heavy atom. The molecule has 0 radical (unpaired) electrons. The second kappa shape index (κ2) is 8.11. The second-order valence-electron chi connectivity index (χ2n) is 7.11. The molecule has 0 bridgehead atoms. The van der Waals surface area contributed by atoms with Gasteiger partial charge in [0.2, 0.25) is 11.8 Å². The number of carbonyl (C=O) groups is 2. The van der Waals surface area contributed by atoms with E-state index in [9.17, 15) is 9.59 Å². The molecule has 1 unspecified atom stereocenters. The minimum atomic E-state index is -0.354. The summed E-state index contributed by atoms with van der Waals surface area (Å²) in [7, 11) is 0. The van der Waals surface area contributed by atoms with Crippen LogP contribution in [-0.4, -0.2) is 61.6 Å². The van der Waals surface area contributed by atoms with Gasteiger partial charge in [0, 0.05) is 37.7 Å². The molecule has 0 aromatic heterocycles. The van der Waals surface area contributed by atoms with Crippen molar-refractivity contribution in [2.24, 2.45) is 5.41 Å². The Morgan fingerprint density at radius 2 is 2.22 bits per heavy atom. The standard InChI is InChI=1S/C17H31N3O3/c1-4-23-12-17(6-5-7-17)11-19-15(21)10-14-16(22)18-8-9-20(14)13(2)3/h13-14H,4-12H2,1-3H3,(H,18,22)(H,19,21). The highest BCUT2D eigenvalue weighted by Gasteiger charge is 2.38. The molecule has 2 aliphatic rings. The highest BCUT2D eigenvalue weighted by molar-refractivity contribution is 5.88. The molecule has 1 aliphatic heterocycles. The first-order valence-electron chi connectivity index (χ1n) is 8.85. The molecule has 1 atom stereocenters. The van der Waals surface area contributed by atoms with E-state index < -0.39 is 0 Å². The number of ether oxygens (including phenoxy) is 1. The number of piperazine rings is 1. The van der Waals surface area contributed by atoms with Crippen molar-refractivity contribution in [3.8, 4) is 0 Å². The van der Waals surface area contributed by atoms with E-state index >= 15 is 0 Å². The van der Waals surface area contributed by atoms with Crippen LogP contribution in [-0.2, 0) is 14.3 Å². The molecule has 0 aromatic rings. The van der Waals surface area contributed by atoms with E-state index in [0.717, 1.165) is 19.4 Å². The van der Waals surface area contributed by atoms with Gasteiger partial charge in [-0.3, -0.25) is 14.5 Å². The highest BCUT2D eigenvalue weighted by Crippen LogP contribution is 2.40. The predicted molar refractivity (Wildman–Crippen MR) is 89.0 cm³/mol. The summed E-state index contributed by atoms with van der Waals surface area (Å²) in [5.74, 6) is -0.0757. The molecule has 0 aromatic carbocycles. The third-order valence-corrected chi connectivity index (χ3v) is 5.10. The number of rotatable bonds is 8. The quantitative estimate of drug-likeness (QED) is 0.696. The Balaban J connectivity index is 1.84. The van der Waals surface area contributed by atoms with Crippen LogP contribution in [0, 0.1) is 5.41 Å². The topological polar surface area (TPSA) is 70.7 Å². The summed E-state index contributed by atoms with van der Waals surface area (Å²) in [5, 5.41) is 5.90. The van der Waals surface area contributed by atoms with Gasteiger partial charge in [0.15, 0.2) is 0 Å². The van der Waals surface area contributed by atoms with Gasteiger partial charge < -0.3 is 15.4 Å². The van der Waals surface area contributed by atoms with Crippen molar-refractivity contribution in [1.29, 1.82) is 0 Å². The normalized spacial score (nSPS) is 24.2. The van der Waals surface area contributed by atoms with Crippen LogP contribution in [0.2, 0.25) is 0 Å². The number of hydrogen-bond donors (Lipinski definition) is 2. The number of amides is 2. The maximum absolute atomic E-state index is 12.3. The molecule has 1 aliphatic carbocycles. The van der Waals surface area contributed by atoms with Gasteiger partial charge in [-0.1, -0.05) is 6.42 Å². The zero-order chi connectivity index (χ0) is 16.9. The molecule has 6 heteroatoms. The lowest BCUT2D eigenvalue weighted by Crippen LogP contribution is -2.58. The summed E-state index contributed by atoms with van der Waals surface area (Å²) < 4.78 is 5.56. The van der Waals surface area contributed by atoms with Crippen molar-refractivity contribution in [3.63, 3.8) is 0 Å². The highest BCUT2D eigenvalue weighted by atomic mass is 16.5. The van der Waals surface area contributed by atoms with Gasteiger partial charge in [0.1, 0.15) is 0 Å². The molecule has 2 N–H and O–H groups in total. The van der Waals surface area contributed by atoms with Gasteiger partial charge in [-0.2, -0.15) is 0 Å². The van der Waals surface area contributed by atoms with Crippen molar-refractivity contribution < 1.29 is 14.3 Å². The van der Waals surface area contributed by atoms with Crippen LogP contribution in [0.1, 0.15) is 46.5 Å². The Bertz CT molecular complexity index is 421. The third-order valence-electron chi connectivity index (χ3n) is 5.10. The number of nitrogens with one attached hydrogen (secondary N) is 2. The first-order chi connectivity index (χ1) is 11.0. The van der Waals surface area contributed by atoms with E-state index in [2.05, 4.69) is 29.4 Å². The maximum Gasteiger partial charge on any atom is 0.237 e. The summed E-state index contributed by atoms with van der Waals surface area (Å²) in [6.07, 6.45) is 3.65. The van der Waals surface area contributed by atoms with E-state index in [1.807, 2.05) is 6.92 Å². The predicted octanol–water partition coefficient (Wildman–Crippen LogP) is 0.908. The fourth-order valence-electron chi connectivity index (χ4n) is 3.46. The van der Waals surface area contributed by atoms with E-state index in [4.69, 9.17) is 4.74 Å². The zero-order valence-electron chi connectivity index (χ0n) is 14.7. The minimum Gasteiger partial charge on any atom is -0.381 e. The fraction of sp³-hybridized carbons (Fsp3) is 0.882. The van der Waals surface area contributed by atoms with E-state index in [1.54, 1.807) is 0 Å². The van der Waals surface area contributed by atoms with Crippen molar-refractivity contribution in [2.75, 3.05) is 32.8 Å². The Kier molecular flexibility index (Phi) is 6.41. The number of hydrogen-bond acceptors (Lipinski definition) is 4. The van der Waals surface area contributed by atoms with Crippen LogP contribution >= 0.6 is 0 Å². The maximum atomic E-state index is 12.3. The summed E-state index contributed by atoms with van der Waals surface area (Å²) in [4.78, 5) is 26.5. The molecule has 23 heavy (non-hydrogen) atoms. The molecule has 1 saturated carbocycles. The molecule has 1 heterocycles. The van der Waals surface area contributed by atoms with Crippen LogP contribution < -0.4 is 10.6 Å². The fourth-order valence-corrected chi connectivity index (χ4v) is 3.46. The van der Waals surface area contributed by atoms with Gasteiger partial charge in [-0.05, 0) is 33.6 Å². The first-order valence-corrected chi connectivity index (χ1v) is 8.85. The van der Waals surface area contributed by atoms with Gasteiger partial charge in [0.25, 0.3) is 0 Å². The Hall–Kier alpha value is -1.14. The van der Waals surface area contributed by atoms with Gasteiger partial charge >= 0.3 is 0 Å². The number of carbonyl (C=O) groups excluding carboxylic acids is 2. The van der Waals surface area contributed by atoms with Gasteiger partial charge in [-0.15, -0.1) is 0 Å². The number of nitrogens with zero attached hydrogens (tertiary/aromatic N) is 1. The van der Waals surface area contributed by atoms with Crippen LogP contribution in [0.4, 0.5) is 0 Å². The molecule has 1 saturated heterocycles. The van der Waals surface area contributed by atoms with Crippen molar-refractivity contribution in [2.45, 2.75) is 58.5 Å². The van der Waals surface area contributed by atoms with Crippen LogP contribution in [0.25, 0.3) is 0 Å². The SMILES string of the molecule is CCOCC1(CNC(=O)CC2C(=O)NCCN2C(C)C)CCC1. The molecule has 0 spiro atoms. The molecule has 6 nitrogen and oxygen atoms in total. The summed E-state index contributed by atoms with van der Waals surface area (Å²) in [5.41, 5.74) is 0.109. The van der Waals surface area contributed by atoms with Crippen LogP contribution in [0.3, 0.4) is 0 Å². The monoisotopic (exact) mass is 325 g/mol. The van der Waals surface area contributed by atoms with E-state index in [0.29, 0.717) is 26.3 Å². The lowest BCUT2D eigenvalue weighted by atomic mass is 9.69. The molecule has 2 rings (SSSR count). The average Bonchev–Trinajstić information content (AvgIpc) is 2.47. The van der Waals surface area contributed by atoms with Crippen molar-refractivity contribution in [1.82, 2.24) is 15.5 Å². The summed E-state index contributed by atoms with van der Waals surface area (Å²) >= 11 is 0. The smallest absolute Gasteiger partial charge is 0.237 e.